The molecule has 1 aromatic carbocycles. The molecule has 0 aliphatic carbocycles. The quantitative estimate of drug-likeness (QED) is 0.619. The molecule has 5 nitrogen and oxygen atoms in total. The number of benzene rings is 1. The van der Waals surface area contributed by atoms with Gasteiger partial charge >= 0.3 is 5.97 Å². The third-order valence-electron chi connectivity index (χ3n) is 3.21. The van der Waals surface area contributed by atoms with Crippen LogP contribution in [0.3, 0.4) is 0 Å². The van der Waals surface area contributed by atoms with Crippen molar-refractivity contribution in [3.05, 3.63) is 63.7 Å². The average Bonchev–Trinajstić information content (AvgIpc) is 3.20. The molecule has 0 unspecified atom stereocenters. The predicted molar refractivity (Wildman–Crippen MR) is 96.1 cm³/mol. The largest absolute Gasteiger partial charge is 0.466 e. The van der Waals surface area contributed by atoms with E-state index < -0.39 is 5.97 Å². The van der Waals surface area contributed by atoms with E-state index >= 15 is 0 Å². The fraction of sp³-hybridized carbons (Fsp3) is 0.118. The van der Waals surface area contributed by atoms with Gasteiger partial charge < -0.3 is 4.74 Å². The lowest BCUT2D eigenvalue weighted by molar-refractivity contribution is -0.135. The Hall–Kier alpha value is -2.38. The summed E-state index contributed by atoms with van der Waals surface area (Å²) in [6.07, 6.45) is 1.21. The smallest absolute Gasteiger partial charge is 0.331 e. The lowest BCUT2D eigenvalue weighted by Crippen LogP contribution is -2.28. The van der Waals surface area contributed by atoms with Crippen LogP contribution in [0.1, 0.15) is 4.88 Å². The standard InChI is InChI=1S/C17H14N2O3S2/c1-22-15(20)10-14-16(21)19(11-13-8-5-9-23-13)17(24-14)18-12-6-3-2-4-7-12/h2-10H,11H2,1H3. The first-order valence-electron chi connectivity index (χ1n) is 7.13. The van der Waals surface area contributed by atoms with Crippen LogP contribution in [0.25, 0.3) is 0 Å². The van der Waals surface area contributed by atoms with Gasteiger partial charge in [0.15, 0.2) is 5.17 Å². The molecule has 0 atom stereocenters. The Morgan fingerprint density at radius 1 is 1.25 bits per heavy atom. The van der Waals surface area contributed by atoms with E-state index in [9.17, 15) is 9.59 Å². The number of methoxy groups -OCH3 is 1. The molecule has 7 heteroatoms. The van der Waals surface area contributed by atoms with Gasteiger partial charge in [-0.25, -0.2) is 9.79 Å². The van der Waals surface area contributed by atoms with Gasteiger partial charge in [-0.15, -0.1) is 11.3 Å². The van der Waals surface area contributed by atoms with E-state index in [1.54, 1.807) is 16.2 Å². The van der Waals surface area contributed by atoms with Gasteiger partial charge in [0.25, 0.3) is 5.91 Å². The SMILES string of the molecule is COC(=O)C=C1SC(=Nc2ccccc2)N(Cc2cccs2)C1=O. The molecule has 3 rings (SSSR count). The summed E-state index contributed by atoms with van der Waals surface area (Å²) in [6.45, 7) is 0.424. The Labute approximate surface area is 147 Å². The fourth-order valence-electron chi connectivity index (χ4n) is 2.07. The minimum absolute atomic E-state index is 0.242. The highest BCUT2D eigenvalue weighted by atomic mass is 32.2. The van der Waals surface area contributed by atoms with E-state index in [2.05, 4.69) is 9.73 Å². The van der Waals surface area contributed by atoms with Crippen LogP contribution in [-0.4, -0.2) is 29.1 Å². The van der Waals surface area contributed by atoms with Crippen molar-refractivity contribution in [2.24, 2.45) is 4.99 Å². The highest BCUT2D eigenvalue weighted by Crippen LogP contribution is 2.34. The average molecular weight is 358 g/mol. The molecule has 0 bridgehead atoms. The molecule has 1 amide bonds. The lowest BCUT2D eigenvalue weighted by atomic mass is 10.3. The zero-order valence-electron chi connectivity index (χ0n) is 12.8. The molecule has 0 spiro atoms. The topological polar surface area (TPSA) is 59.0 Å². The van der Waals surface area contributed by atoms with Crippen molar-refractivity contribution in [1.82, 2.24) is 4.90 Å². The third-order valence-corrected chi connectivity index (χ3v) is 5.08. The van der Waals surface area contributed by atoms with E-state index in [4.69, 9.17) is 0 Å². The van der Waals surface area contributed by atoms with E-state index in [0.29, 0.717) is 16.6 Å². The van der Waals surface area contributed by atoms with Gasteiger partial charge in [0.2, 0.25) is 0 Å². The number of thioether (sulfide) groups is 1. The number of hydrogen-bond donors (Lipinski definition) is 0. The Morgan fingerprint density at radius 3 is 2.71 bits per heavy atom. The van der Waals surface area contributed by atoms with Crippen LogP contribution in [0, 0.1) is 0 Å². The molecule has 1 fully saturated rings. The second-order valence-corrected chi connectivity index (χ2v) is 6.88. The summed E-state index contributed by atoms with van der Waals surface area (Å²) in [4.78, 5) is 31.6. The Morgan fingerprint density at radius 2 is 2.04 bits per heavy atom. The van der Waals surface area contributed by atoms with Crippen LogP contribution in [0.5, 0.6) is 0 Å². The molecular formula is C17H14N2O3S2. The number of esters is 1. The summed E-state index contributed by atoms with van der Waals surface area (Å²) in [5.74, 6) is -0.795. The lowest BCUT2D eigenvalue weighted by Gasteiger charge is -2.14. The highest BCUT2D eigenvalue weighted by molar-refractivity contribution is 8.18. The molecule has 1 aliphatic rings. The van der Waals surface area contributed by atoms with E-state index in [1.807, 2.05) is 47.8 Å². The van der Waals surface area contributed by atoms with E-state index in [1.165, 1.54) is 24.9 Å². The van der Waals surface area contributed by atoms with Crippen molar-refractivity contribution < 1.29 is 14.3 Å². The molecule has 0 radical (unpaired) electrons. The molecule has 0 saturated carbocycles. The van der Waals surface area contributed by atoms with Crippen molar-refractivity contribution in [3.63, 3.8) is 0 Å². The number of para-hydroxylation sites is 1. The second-order valence-electron chi connectivity index (χ2n) is 4.83. The number of amides is 1. The number of rotatable bonds is 4. The number of hydrogen-bond acceptors (Lipinski definition) is 6. The number of carbonyl (C=O) groups is 2. The number of ether oxygens (including phenoxy) is 1. The molecule has 1 aliphatic heterocycles. The summed E-state index contributed by atoms with van der Waals surface area (Å²) in [5, 5.41) is 2.51. The number of aliphatic imine (C=N–C) groups is 1. The van der Waals surface area contributed by atoms with E-state index in [-0.39, 0.29) is 5.91 Å². The Kier molecular flexibility index (Phi) is 5.12. The van der Waals surface area contributed by atoms with Crippen LogP contribution >= 0.6 is 23.1 Å². The molecule has 2 heterocycles. The van der Waals surface area contributed by atoms with Gasteiger partial charge in [-0.3, -0.25) is 9.69 Å². The minimum atomic E-state index is -0.553. The molecule has 2 aromatic rings. The molecular weight excluding hydrogens is 344 g/mol. The zero-order valence-corrected chi connectivity index (χ0v) is 14.5. The van der Waals surface area contributed by atoms with Crippen molar-refractivity contribution >= 4 is 45.8 Å². The van der Waals surface area contributed by atoms with Crippen LogP contribution in [0.2, 0.25) is 0 Å². The fourth-order valence-corrected chi connectivity index (χ4v) is 3.72. The number of amidine groups is 1. The summed E-state index contributed by atoms with van der Waals surface area (Å²) >= 11 is 2.75. The van der Waals surface area contributed by atoms with Gasteiger partial charge in [0.1, 0.15) is 0 Å². The van der Waals surface area contributed by atoms with Gasteiger partial charge in [-0.2, -0.15) is 0 Å². The molecule has 122 valence electrons. The monoisotopic (exact) mass is 358 g/mol. The van der Waals surface area contributed by atoms with Crippen molar-refractivity contribution in [2.75, 3.05) is 7.11 Å². The maximum Gasteiger partial charge on any atom is 0.331 e. The first kappa shape index (κ1) is 16.5. The van der Waals surface area contributed by atoms with Crippen LogP contribution < -0.4 is 0 Å². The van der Waals surface area contributed by atoms with Crippen molar-refractivity contribution in [2.45, 2.75) is 6.54 Å². The summed E-state index contributed by atoms with van der Waals surface area (Å²) in [5.41, 5.74) is 0.753. The summed E-state index contributed by atoms with van der Waals surface area (Å²) in [7, 11) is 1.28. The first-order chi connectivity index (χ1) is 11.7. The maximum absolute atomic E-state index is 12.6. The summed E-state index contributed by atoms with van der Waals surface area (Å²) in [6, 6.07) is 13.3. The van der Waals surface area contributed by atoms with Crippen molar-refractivity contribution in [3.8, 4) is 0 Å². The highest BCUT2D eigenvalue weighted by Gasteiger charge is 2.34. The third kappa shape index (κ3) is 3.74. The van der Waals surface area contributed by atoms with Crippen LogP contribution in [0.15, 0.2) is 63.8 Å². The normalized spacial score (nSPS) is 17.7. The predicted octanol–water partition coefficient (Wildman–Crippen LogP) is 3.57. The number of thiophene rings is 1. The van der Waals surface area contributed by atoms with Gasteiger partial charge in [-0.1, -0.05) is 24.3 Å². The van der Waals surface area contributed by atoms with Crippen LogP contribution in [-0.2, 0) is 20.9 Å². The molecule has 1 aromatic heterocycles. The summed E-state index contributed by atoms with van der Waals surface area (Å²) < 4.78 is 4.62. The minimum Gasteiger partial charge on any atom is -0.466 e. The zero-order chi connectivity index (χ0) is 16.9. The number of nitrogens with zero attached hydrogens (tertiary/aromatic N) is 2. The van der Waals surface area contributed by atoms with Crippen LogP contribution in [0.4, 0.5) is 5.69 Å². The van der Waals surface area contributed by atoms with Gasteiger partial charge in [0, 0.05) is 11.0 Å². The van der Waals surface area contributed by atoms with E-state index in [0.717, 1.165) is 10.6 Å². The molecule has 0 N–H and O–H groups in total. The van der Waals surface area contributed by atoms with Gasteiger partial charge in [-0.05, 0) is 35.3 Å². The molecule has 1 saturated heterocycles. The molecule has 24 heavy (non-hydrogen) atoms. The first-order valence-corrected chi connectivity index (χ1v) is 8.82. The Bertz CT molecular complexity index is 799. The second kappa shape index (κ2) is 7.46. The Balaban J connectivity index is 1.94. The maximum atomic E-state index is 12.6. The van der Waals surface area contributed by atoms with Crippen molar-refractivity contribution in [1.29, 1.82) is 0 Å². The number of carbonyl (C=O) groups excluding carboxylic acids is 2. The van der Waals surface area contributed by atoms with Gasteiger partial charge in [0.05, 0.1) is 24.2 Å².